The van der Waals surface area contributed by atoms with E-state index in [1.807, 2.05) is 0 Å². The van der Waals surface area contributed by atoms with Gasteiger partial charge in [-0.25, -0.2) is 0 Å². The standard InChI is InChI=1S/C14H22/c1-6-10(3)14-9-12(5)11(4)8-13(14)7-2/h8-10H,6-7H2,1-5H3. The summed E-state index contributed by atoms with van der Waals surface area (Å²) in [5.41, 5.74) is 5.94. The summed E-state index contributed by atoms with van der Waals surface area (Å²) in [7, 11) is 0. The molecule has 0 heterocycles. The van der Waals surface area contributed by atoms with Crippen LogP contribution in [0.1, 0.15) is 55.4 Å². The molecule has 1 rings (SSSR count). The summed E-state index contributed by atoms with van der Waals surface area (Å²) >= 11 is 0. The van der Waals surface area contributed by atoms with Gasteiger partial charge >= 0.3 is 0 Å². The molecule has 0 aliphatic carbocycles. The van der Waals surface area contributed by atoms with Gasteiger partial charge in [0.1, 0.15) is 0 Å². The van der Waals surface area contributed by atoms with Crippen LogP contribution in [0.5, 0.6) is 0 Å². The van der Waals surface area contributed by atoms with Crippen LogP contribution >= 0.6 is 0 Å². The maximum atomic E-state index is 2.38. The Morgan fingerprint density at radius 1 is 1.07 bits per heavy atom. The van der Waals surface area contributed by atoms with Crippen molar-refractivity contribution in [1.29, 1.82) is 0 Å². The summed E-state index contributed by atoms with van der Waals surface area (Å²) < 4.78 is 0. The zero-order valence-electron chi connectivity index (χ0n) is 10.1. The van der Waals surface area contributed by atoms with Crippen LogP contribution in [0.4, 0.5) is 0 Å². The molecule has 0 aliphatic heterocycles. The Kier molecular flexibility index (Phi) is 3.74. The highest BCUT2D eigenvalue weighted by Crippen LogP contribution is 2.26. The summed E-state index contributed by atoms with van der Waals surface area (Å²) in [6.45, 7) is 11.2. The lowest BCUT2D eigenvalue weighted by atomic mass is 9.89. The molecule has 1 unspecified atom stereocenters. The van der Waals surface area contributed by atoms with Gasteiger partial charge in [-0.3, -0.25) is 0 Å². The Morgan fingerprint density at radius 3 is 2.14 bits per heavy atom. The van der Waals surface area contributed by atoms with Crippen molar-refractivity contribution in [3.8, 4) is 0 Å². The molecular formula is C14H22. The van der Waals surface area contributed by atoms with Gasteiger partial charge in [0.2, 0.25) is 0 Å². The van der Waals surface area contributed by atoms with E-state index in [1.54, 1.807) is 5.56 Å². The van der Waals surface area contributed by atoms with Crippen molar-refractivity contribution in [2.75, 3.05) is 0 Å². The number of hydrogen-bond donors (Lipinski definition) is 0. The molecule has 0 bridgehead atoms. The average Bonchev–Trinajstić information content (AvgIpc) is 2.20. The fourth-order valence-electron chi connectivity index (χ4n) is 1.88. The van der Waals surface area contributed by atoms with Crippen LogP contribution in [-0.2, 0) is 6.42 Å². The largest absolute Gasteiger partial charge is 0.0648 e. The molecule has 78 valence electrons. The van der Waals surface area contributed by atoms with Gasteiger partial charge in [-0.1, -0.05) is 32.9 Å². The summed E-state index contributed by atoms with van der Waals surface area (Å²) in [5, 5.41) is 0. The second kappa shape index (κ2) is 4.63. The number of benzene rings is 1. The van der Waals surface area contributed by atoms with E-state index in [9.17, 15) is 0 Å². The van der Waals surface area contributed by atoms with Crippen molar-refractivity contribution in [3.05, 3.63) is 34.4 Å². The summed E-state index contributed by atoms with van der Waals surface area (Å²) in [4.78, 5) is 0. The van der Waals surface area contributed by atoms with E-state index in [1.165, 1.54) is 23.1 Å². The minimum absolute atomic E-state index is 0.698. The summed E-state index contributed by atoms with van der Waals surface area (Å²) in [6.07, 6.45) is 2.39. The first kappa shape index (κ1) is 11.3. The molecule has 14 heavy (non-hydrogen) atoms. The van der Waals surface area contributed by atoms with Crippen LogP contribution < -0.4 is 0 Å². The Labute approximate surface area is 88.4 Å². The van der Waals surface area contributed by atoms with Gasteiger partial charge in [0.15, 0.2) is 0 Å². The Bertz CT molecular complexity index is 310. The number of aryl methyl sites for hydroxylation is 3. The third-order valence-corrected chi connectivity index (χ3v) is 3.28. The lowest BCUT2D eigenvalue weighted by Gasteiger charge is -2.16. The molecule has 1 atom stereocenters. The maximum absolute atomic E-state index is 2.38. The molecule has 0 N–H and O–H groups in total. The second-order valence-corrected chi connectivity index (χ2v) is 4.30. The lowest BCUT2D eigenvalue weighted by molar-refractivity contribution is 0.722. The molecule has 1 aromatic carbocycles. The van der Waals surface area contributed by atoms with Gasteiger partial charge in [-0.2, -0.15) is 0 Å². The molecular weight excluding hydrogens is 168 g/mol. The first-order chi connectivity index (χ1) is 6.60. The number of rotatable bonds is 3. The Balaban J connectivity index is 3.19. The van der Waals surface area contributed by atoms with E-state index in [4.69, 9.17) is 0 Å². The molecule has 0 saturated carbocycles. The zero-order chi connectivity index (χ0) is 10.7. The summed E-state index contributed by atoms with van der Waals surface area (Å²) in [6, 6.07) is 4.74. The minimum atomic E-state index is 0.698. The van der Waals surface area contributed by atoms with Gasteiger partial charge < -0.3 is 0 Å². The molecule has 0 heteroatoms. The van der Waals surface area contributed by atoms with Crippen molar-refractivity contribution in [1.82, 2.24) is 0 Å². The first-order valence-electron chi connectivity index (χ1n) is 5.70. The minimum Gasteiger partial charge on any atom is -0.0648 e. The van der Waals surface area contributed by atoms with Crippen molar-refractivity contribution in [2.24, 2.45) is 0 Å². The molecule has 0 saturated heterocycles. The highest BCUT2D eigenvalue weighted by Gasteiger charge is 2.09. The van der Waals surface area contributed by atoms with E-state index in [0.29, 0.717) is 5.92 Å². The van der Waals surface area contributed by atoms with E-state index < -0.39 is 0 Å². The molecule has 1 aromatic rings. The van der Waals surface area contributed by atoms with Crippen LogP contribution in [0, 0.1) is 13.8 Å². The average molecular weight is 190 g/mol. The van der Waals surface area contributed by atoms with Gasteiger partial charge in [-0.15, -0.1) is 0 Å². The third kappa shape index (κ3) is 2.17. The first-order valence-corrected chi connectivity index (χ1v) is 5.70. The Morgan fingerprint density at radius 2 is 1.64 bits per heavy atom. The molecule has 0 fully saturated rings. The van der Waals surface area contributed by atoms with Crippen molar-refractivity contribution >= 4 is 0 Å². The van der Waals surface area contributed by atoms with Crippen LogP contribution in [0.3, 0.4) is 0 Å². The SMILES string of the molecule is CCc1cc(C)c(C)cc1C(C)CC. The zero-order valence-corrected chi connectivity index (χ0v) is 10.1. The van der Waals surface area contributed by atoms with Gasteiger partial charge in [0.25, 0.3) is 0 Å². The third-order valence-electron chi connectivity index (χ3n) is 3.28. The quantitative estimate of drug-likeness (QED) is 0.663. The summed E-state index contributed by atoms with van der Waals surface area (Å²) in [5.74, 6) is 0.698. The molecule has 0 aromatic heterocycles. The lowest BCUT2D eigenvalue weighted by Crippen LogP contribution is -2.00. The van der Waals surface area contributed by atoms with Crippen molar-refractivity contribution < 1.29 is 0 Å². The van der Waals surface area contributed by atoms with Gasteiger partial charge in [0.05, 0.1) is 0 Å². The molecule has 0 nitrogen and oxygen atoms in total. The normalized spacial score (nSPS) is 12.9. The van der Waals surface area contributed by atoms with Crippen molar-refractivity contribution in [3.63, 3.8) is 0 Å². The Hall–Kier alpha value is -0.780. The highest BCUT2D eigenvalue weighted by molar-refractivity contribution is 5.39. The van der Waals surface area contributed by atoms with E-state index in [-0.39, 0.29) is 0 Å². The van der Waals surface area contributed by atoms with Crippen LogP contribution in [0.15, 0.2) is 12.1 Å². The van der Waals surface area contributed by atoms with E-state index in [2.05, 4.69) is 46.8 Å². The fourth-order valence-corrected chi connectivity index (χ4v) is 1.88. The molecule has 0 radical (unpaired) electrons. The van der Waals surface area contributed by atoms with Crippen LogP contribution in [0.2, 0.25) is 0 Å². The number of hydrogen-bond acceptors (Lipinski definition) is 0. The van der Waals surface area contributed by atoms with E-state index >= 15 is 0 Å². The predicted molar refractivity (Wildman–Crippen MR) is 64.0 cm³/mol. The van der Waals surface area contributed by atoms with Crippen LogP contribution in [0.25, 0.3) is 0 Å². The smallest absolute Gasteiger partial charge is 0.0190 e. The van der Waals surface area contributed by atoms with Crippen molar-refractivity contribution in [2.45, 2.75) is 53.4 Å². The molecule has 0 amide bonds. The predicted octanol–water partition coefficient (Wildman–Crippen LogP) is 4.38. The van der Waals surface area contributed by atoms with Gasteiger partial charge in [-0.05, 0) is 54.9 Å². The fraction of sp³-hybridized carbons (Fsp3) is 0.571. The maximum Gasteiger partial charge on any atom is -0.0190 e. The van der Waals surface area contributed by atoms with Crippen LogP contribution in [-0.4, -0.2) is 0 Å². The topological polar surface area (TPSA) is 0 Å². The second-order valence-electron chi connectivity index (χ2n) is 4.30. The highest BCUT2D eigenvalue weighted by atomic mass is 14.1. The molecule has 0 spiro atoms. The van der Waals surface area contributed by atoms with E-state index in [0.717, 1.165) is 6.42 Å². The van der Waals surface area contributed by atoms with Gasteiger partial charge in [0, 0.05) is 0 Å². The monoisotopic (exact) mass is 190 g/mol. The molecule has 0 aliphatic rings.